The molecule has 2 rings (SSSR count). The molecule has 0 radical (unpaired) electrons. The molecule has 1 aromatic rings. The Balaban J connectivity index is 2.09. The Labute approximate surface area is 121 Å². The number of anilines is 1. The van der Waals surface area contributed by atoms with Crippen LogP contribution in [0.2, 0.25) is 0 Å². The molecular weight excluding hydrogens is 272 g/mol. The highest BCUT2D eigenvalue weighted by atomic mass is 32.2. The van der Waals surface area contributed by atoms with Gasteiger partial charge in [0.05, 0.1) is 11.0 Å². The summed E-state index contributed by atoms with van der Waals surface area (Å²) >= 11 is 0. The van der Waals surface area contributed by atoms with Gasteiger partial charge in [-0.15, -0.1) is 0 Å². The molecule has 0 aliphatic carbocycles. The van der Waals surface area contributed by atoms with Gasteiger partial charge in [-0.25, -0.2) is 8.42 Å². The van der Waals surface area contributed by atoms with Crippen LogP contribution in [0.1, 0.15) is 37.9 Å². The zero-order valence-electron chi connectivity index (χ0n) is 12.5. The first-order valence-corrected chi connectivity index (χ1v) is 8.87. The highest BCUT2D eigenvalue weighted by Gasteiger charge is 2.23. The zero-order valence-corrected chi connectivity index (χ0v) is 13.3. The quantitative estimate of drug-likeness (QED) is 0.901. The maximum Gasteiger partial charge on any atom is 0.154 e. The number of benzene rings is 1. The van der Waals surface area contributed by atoms with Crippen LogP contribution < -0.4 is 10.6 Å². The molecule has 0 saturated heterocycles. The first-order valence-electron chi connectivity index (χ1n) is 7.16. The number of sulfone groups is 1. The number of nitrogens with two attached hydrogens (primary N) is 1. The number of fused-ring (bicyclic) bond motifs is 1. The van der Waals surface area contributed by atoms with E-state index in [0.717, 1.165) is 24.2 Å². The van der Waals surface area contributed by atoms with Crippen molar-refractivity contribution < 1.29 is 8.42 Å². The lowest BCUT2D eigenvalue weighted by Crippen LogP contribution is -2.30. The fourth-order valence-electron chi connectivity index (χ4n) is 2.48. The van der Waals surface area contributed by atoms with Crippen LogP contribution in [0.4, 0.5) is 5.69 Å². The minimum absolute atomic E-state index is 0.0377. The first-order chi connectivity index (χ1) is 9.31. The van der Waals surface area contributed by atoms with E-state index < -0.39 is 9.84 Å². The van der Waals surface area contributed by atoms with Crippen LogP contribution >= 0.6 is 0 Å². The Kier molecular flexibility index (Phi) is 4.39. The van der Waals surface area contributed by atoms with Gasteiger partial charge in [0, 0.05) is 24.8 Å². The SMILES string of the molecule is CC(N)c1ccc2c(c1)CCN2CCS(=O)(=O)C(C)C. The summed E-state index contributed by atoms with van der Waals surface area (Å²) in [6, 6.07) is 6.30. The molecule has 1 aliphatic rings. The molecule has 2 N–H and O–H groups in total. The Morgan fingerprint density at radius 3 is 2.60 bits per heavy atom. The average Bonchev–Trinajstić information content (AvgIpc) is 2.78. The van der Waals surface area contributed by atoms with Gasteiger partial charge in [0.2, 0.25) is 0 Å². The van der Waals surface area contributed by atoms with Crippen LogP contribution in [0.15, 0.2) is 18.2 Å². The predicted octanol–water partition coefficient (Wildman–Crippen LogP) is 1.89. The minimum atomic E-state index is -2.97. The lowest BCUT2D eigenvalue weighted by atomic mass is 10.0. The maximum atomic E-state index is 11.9. The molecule has 1 atom stereocenters. The van der Waals surface area contributed by atoms with Gasteiger partial charge in [-0.1, -0.05) is 12.1 Å². The van der Waals surface area contributed by atoms with E-state index in [2.05, 4.69) is 17.0 Å². The fraction of sp³-hybridized carbons (Fsp3) is 0.600. The molecule has 20 heavy (non-hydrogen) atoms. The van der Waals surface area contributed by atoms with Crippen molar-refractivity contribution in [3.63, 3.8) is 0 Å². The molecule has 0 aromatic heterocycles. The van der Waals surface area contributed by atoms with Crippen LogP contribution in [0.3, 0.4) is 0 Å². The molecule has 0 saturated carbocycles. The van der Waals surface area contributed by atoms with Crippen molar-refractivity contribution in [1.82, 2.24) is 0 Å². The Bertz CT molecular complexity index is 580. The molecular formula is C15H24N2O2S. The number of hydrogen-bond donors (Lipinski definition) is 1. The van der Waals surface area contributed by atoms with E-state index in [1.165, 1.54) is 5.56 Å². The summed E-state index contributed by atoms with van der Waals surface area (Å²) in [5, 5.41) is -0.301. The summed E-state index contributed by atoms with van der Waals surface area (Å²) in [4.78, 5) is 2.17. The molecule has 0 amide bonds. The van der Waals surface area contributed by atoms with E-state index in [1.807, 2.05) is 13.0 Å². The van der Waals surface area contributed by atoms with Gasteiger partial charge in [-0.05, 0) is 44.4 Å². The van der Waals surface area contributed by atoms with E-state index in [0.29, 0.717) is 6.54 Å². The summed E-state index contributed by atoms with van der Waals surface area (Å²) in [7, 11) is -2.97. The van der Waals surface area contributed by atoms with Gasteiger partial charge >= 0.3 is 0 Å². The molecule has 4 nitrogen and oxygen atoms in total. The summed E-state index contributed by atoms with van der Waals surface area (Å²) in [5.74, 6) is 0.221. The topological polar surface area (TPSA) is 63.4 Å². The molecule has 112 valence electrons. The number of nitrogens with zero attached hydrogens (tertiary/aromatic N) is 1. The highest BCUT2D eigenvalue weighted by molar-refractivity contribution is 7.92. The van der Waals surface area contributed by atoms with Gasteiger partial charge in [-0.2, -0.15) is 0 Å². The smallest absolute Gasteiger partial charge is 0.154 e. The Morgan fingerprint density at radius 2 is 2.00 bits per heavy atom. The molecule has 0 spiro atoms. The summed E-state index contributed by atoms with van der Waals surface area (Å²) in [6.07, 6.45) is 0.970. The second kappa shape index (κ2) is 5.74. The molecule has 1 heterocycles. The molecule has 1 unspecified atom stereocenters. The predicted molar refractivity (Wildman–Crippen MR) is 83.9 cm³/mol. The monoisotopic (exact) mass is 296 g/mol. The first kappa shape index (κ1) is 15.3. The van der Waals surface area contributed by atoms with Crippen LogP contribution in [0.5, 0.6) is 0 Å². The van der Waals surface area contributed by atoms with Crippen LogP contribution in [-0.4, -0.2) is 32.5 Å². The van der Waals surface area contributed by atoms with Crippen molar-refractivity contribution in [2.24, 2.45) is 5.73 Å². The standard InChI is InChI=1S/C15H24N2O2S/c1-11(2)20(18,19)9-8-17-7-6-14-10-13(12(3)16)4-5-15(14)17/h4-5,10-12H,6-9,16H2,1-3H3. The van der Waals surface area contributed by atoms with E-state index in [1.54, 1.807) is 13.8 Å². The highest BCUT2D eigenvalue weighted by Crippen LogP contribution is 2.30. The van der Waals surface area contributed by atoms with Gasteiger partial charge in [0.1, 0.15) is 0 Å². The van der Waals surface area contributed by atoms with Crippen molar-refractivity contribution in [2.45, 2.75) is 38.5 Å². The van der Waals surface area contributed by atoms with Crippen molar-refractivity contribution in [3.05, 3.63) is 29.3 Å². The third-order valence-corrected chi connectivity index (χ3v) is 6.17. The van der Waals surface area contributed by atoms with Crippen LogP contribution in [0, 0.1) is 0 Å². The average molecular weight is 296 g/mol. The van der Waals surface area contributed by atoms with Gasteiger partial charge < -0.3 is 10.6 Å². The van der Waals surface area contributed by atoms with E-state index in [-0.39, 0.29) is 17.0 Å². The molecule has 1 aliphatic heterocycles. The molecule has 5 heteroatoms. The fourth-order valence-corrected chi connectivity index (χ4v) is 3.42. The van der Waals surface area contributed by atoms with Crippen molar-refractivity contribution in [1.29, 1.82) is 0 Å². The third-order valence-electron chi connectivity index (χ3n) is 3.99. The van der Waals surface area contributed by atoms with Crippen LogP contribution in [-0.2, 0) is 16.3 Å². The third kappa shape index (κ3) is 3.15. The van der Waals surface area contributed by atoms with E-state index in [9.17, 15) is 8.42 Å². The van der Waals surface area contributed by atoms with Gasteiger partial charge in [-0.3, -0.25) is 0 Å². The van der Waals surface area contributed by atoms with E-state index in [4.69, 9.17) is 5.73 Å². The Hall–Kier alpha value is -1.07. The van der Waals surface area contributed by atoms with Gasteiger partial charge in [0.15, 0.2) is 9.84 Å². The molecule has 0 fully saturated rings. The second-order valence-corrected chi connectivity index (χ2v) is 8.51. The van der Waals surface area contributed by atoms with Crippen molar-refractivity contribution >= 4 is 15.5 Å². The van der Waals surface area contributed by atoms with E-state index >= 15 is 0 Å². The normalized spacial score (nSPS) is 16.6. The minimum Gasteiger partial charge on any atom is -0.370 e. The van der Waals surface area contributed by atoms with Crippen molar-refractivity contribution in [3.8, 4) is 0 Å². The number of rotatable bonds is 5. The van der Waals surface area contributed by atoms with Crippen molar-refractivity contribution in [2.75, 3.05) is 23.7 Å². The summed E-state index contributed by atoms with van der Waals surface area (Å²) in [6.45, 7) is 6.92. The van der Waals surface area contributed by atoms with Gasteiger partial charge in [0.25, 0.3) is 0 Å². The summed E-state index contributed by atoms with van der Waals surface area (Å²) < 4.78 is 23.8. The second-order valence-electron chi connectivity index (χ2n) is 5.83. The number of hydrogen-bond acceptors (Lipinski definition) is 4. The lowest BCUT2D eigenvalue weighted by Gasteiger charge is -2.20. The lowest BCUT2D eigenvalue weighted by molar-refractivity contribution is 0.586. The zero-order chi connectivity index (χ0) is 14.9. The Morgan fingerprint density at radius 1 is 1.30 bits per heavy atom. The largest absolute Gasteiger partial charge is 0.370 e. The van der Waals surface area contributed by atoms with Crippen LogP contribution in [0.25, 0.3) is 0 Å². The summed E-state index contributed by atoms with van der Waals surface area (Å²) in [5.41, 5.74) is 9.48. The molecule has 0 bridgehead atoms. The maximum absolute atomic E-state index is 11.9. The molecule has 1 aromatic carbocycles.